The van der Waals surface area contributed by atoms with Gasteiger partial charge in [-0.15, -0.1) is 0 Å². The molecule has 1 heterocycles. The normalized spacial score (nSPS) is 16.2. The van der Waals surface area contributed by atoms with E-state index in [2.05, 4.69) is 0 Å². The highest BCUT2D eigenvalue weighted by Gasteiger charge is 2.34. The van der Waals surface area contributed by atoms with Crippen molar-refractivity contribution in [2.24, 2.45) is 0 Å². The summed E-state index contributed by atoms with van der Waals surface area (Å²) in [6.07, 6.45) is 1.56. The minimum absolute atomic E-state index is 0.136. The number of aromatic carboxylic acids is 1. The summed E-state index contributed by atoms with van der Waals surface area (Å²) in [5, 5.41) is 20.6. The molecular formula is C18H16N2O5. The van der Waals surface area contributed by atoms with E-state index in [9.17, 15) is 24.8 Å². The van der Waals surface area contributed by atoms with Crippen LogP contribution in [0.25, 0.3) is 0 Å². The van der Waals surface area contributed by atoms with E-state index in [0.29, 0.717) is 5.69 Å². The van der Waals surface area contributed by atoms with Crippen molar-refractivity contribution >= 4 is 23.3 Å². The van der Waals surface area contributed by atoms with Crippen molar-refractivity contribution in [3.05, 3.63) is 69.3 Å². The second-order valence-electron chi connectivity index (χ2n) is 5.95. The van der Waals surface area contributed by atoms with E-state index in [1.807, 2.05) is 25.1 Å². The Bertz CT molecular complexity index is 878. The molecule has 0 saturated heterocycles. The van der Waals surface area contributed by atoms with E-state index in [0.717, 1.165) is 24.5 Å². The molecular weight excluding hydrogens is 324 g/mol. The van der Waals surface area contributed by atoms with Gasteiger partial charge in [0.05, 0.1) is 10.5 Å². The van der Waals surface area contributed by atoms with E-state index < -0.39 is 28.1 Å². The maximum absolute atomic E-state index is 13.1. The van der Waals surface area contributed by atoms with Gasteiger partial charge in [0, 0.05) is 17.8 Å². The number of rotatable bonds is 3. The zero-order valence-corrected chi connectivity index (χ0v) is 13.5. The van der Waals surface area contributed by atoms with Crippen LogP contribution in [-0.2, 0) is 6.42 Å². The lowest BCUT2D eigenvalue weighted by atomic mass is 9.94. The minimum Gasteiger partial charge on any atom is -0.477 e. The molecule has 7 heteroatoms. The molecule has 1 N–H and O–H groups in total. The lowest BCUT2D eigenvalue weighted by molar-refractivity contribution is -0.385. The summed E-state index contributed by atoms with van der Waals surface area (Å²) in [5.74, 6) is -2.03. The SMILES string of the molecule is C[C@@H]1CCc2ccccc2N1C(=O)c1cccc([N+](=O)[O-])c1C(=O)O. The van der Waals surface area contributed by atoms with Crippen LogP contribution in [0.5, 0.6) is 0 Å². The monoisotopic (exact) mass is 340 g/mol. The molecule has 0 saturated carbocycles. The number of anilines is 1. The number of amides is 1. The molecule has 128 valence electrons. The van der Waals surface area contributed by atoms with Crippen LogP contribution in [0, 0.1) is 10.1 Å². The van der Waals surface area contributed by atoms with Gasteiger partial charge in [0.2, 0.25) is 0 Å². The molecule has 1 aliphatic heterocycles. The van der Waals surface area contributed by atoms with Crippen molar-refractivity contribution in [2.45, 2.75) is 25.8 Å². The van der Waals surface area contributed by atoms with Crippen LogP contribution in [0.15, 0.2) is 42.5 Å². The number of hydrogen-bond donors (Lipinski definition) is 1. The molecule has 3 rings (SSSR count). The smallest absolute Gasteiger partial charge is 0.343 e. The Balaban J connectivity index is 2.15. The van der Waals surface area contributed by atoms with E-state index >= 15 is 0 Å². The number of carboxylic acids is 1. The molecule has 7 nitrogen and oxygen atoms in total. The highest BCUT2D eigenvalue weighted by atomic mass is 16.6. The molecule has 0 spiro atoms. The Hall–Kier alpha value is -3.22. The summed E-state index contributed by atoms with van der Waals surface area (Å²) in [6.45, 7) is 1.88. The van der Waals surface area contributed by atoms with Crippen molar-refractivity contribution in [1.29, 1.82) is 0 Å². The highest BCUT2D eigenvalue weighted by Crippen LogP contribution is 2.33. The molecule has 1 aliphatic rings. The van der Waals surface area contributed by atoms with Gasteiger partial charge in [-0.3, -0.25) is 14.9 Å². The zero-order chi connectivity index (χ0) is 18.1. The number of fused-ring (bicyclic) bond motifs is 1. The number of carbonyl (C=O) groups is 2. The number of nitro groups is 1. The van der Waals surface area contributed by atoms with Gasteiger partial charge in [0.15, 0.2) is 0 Å². The first kappa shape index (κ1) is 16.6. The highest BCUT2D eigenvalue weighted by molar-refractivity contribution is 6.14. The predicted octanol–water partition coefficient (Wildman–Crippen LogP) is 3.27. The van der Waals surface area contributed by atoms with E-state index in [-0.39, 0.29) is 11.6 Å². The van der Waals surface area contributed by atoms with Gasteiger partial charge in [-0.1, -0.05) is 24.3 Å². The second-order valence-corrected chi connectivity index (χ2v) is 5.95. The van der Waals surface area contributed by atoms with Crippen molar-refractivity contribution in [1.82, 2.24) is 0 Å². The number of carboxylic acid groups (broad SMARTS) is 1. The molecule has 2 aromatic carbocycles. The standard InChI is InChI=1S/C18H16N2O5/c1-11-9-10-12-5-2-3-7-14(12)19(11)17(21)13-6-4-8-15(20(24)25)16(13)18(22)23/h2-8,11H,9-10H2,1H3,(H,22,23)/t11-/m1/s1. The number of nitro benzene ring substituents is 1. The van der Waals surface area contributed by atoms with Gasteiger partial charge in [0.25, 0.3) is 11.6 Å². The fourth-order valence-corrected chi connectivity index (χ4v) is 3.22. The molecule has 1 atom stereocenters. The number of aryl methyl sites for hydroxylation is 1. The molecule has 0 unspecified atom stereocenters. The molecule has 0 bridgehead atoms. The van der Waals surface area contributed by atoms with E-state index in [1.54, 1.807) is 6.07 Å². The largest absolute Gasteiger partial charge is 0.477 e. The summed E-state index contributed by atoms with van der Waals surface area (Å²) >= 11 is 0. The van der Waals surface area contributed by atoms with Crippen molar-refractivity contribution < 1.29 is 19.6 Å². The van der Waals surface area contributed by atoms with Gasteiger partial charge in [0.1, 0.15) is 5.56 Å². The van der Waals surface area contributed by atoms with Gasteiger partial charge < -0.3 is 10.0 Å². The quantitative estimate of drug-likeness (QED) is 0.682. The third kappa shape index (κ3) is 2.84. The van der Waals surface area contributed by atoms with Gasteiger partial charge >= 0.3 is 5.97 Å². The second kappa shape index (κ2) is 6.35. The van der Waals surface area contributed by atoms with Gasteiger partial charge in [-0.2, -0.15) is 0 Å². The summed E-state index contributed by atoms with van der Waals surface area (Å²) in [7, 11) is 0. The van der Waals surface area contributed by atoms with E-state index in [4.69, 9.17) is 0 Å². The molecule has 2 aromatic rings. The summed E-state index contributed by atoms with van der Waals surface area (Å²) in [6, 6.07) is 11.0. The van der Waals surface area contributed by atoms with Crippen molar-refractivity contribution in [3.8, 4) is 0 Å². The van der Waals surface area contributed by atoms with Crippen molar-refractivity contribution in [3.63, 3.8) is 0 Å². The Morgan fingerprint density at radius 2 is 1.92 bits per heavy atom. The van der Waals surface area contributed by atoms with Crippen LogP contribution in [-0.4, -0.2) is 27.9 Å². The van der Waals surface area contributed by atoms with Crippen LogP contribution in [0.4, 0.5) is 11.4 Å². The average molecular weight is 340 g/mol. The number of nitrogens with zero attached hydrogens (tertiary/aromatic N) is 2. The zero-order valence-electron chi connectivity index (χ0n) is 13.5. The summed E-state index contributed by atoms with van der Waals surface area (Å²) in [4.78, 5) is 36.6. The first-order chi connectivity index (χ1) is 11.9. The van der Waals surface area contributed by atoms with Crippen LogP contribution < -0.4 is 4.90 Å². The maximum Gasteiger partial charge on any atom is 0.343 e. The Kier molecular flexibility index (Phi) is 4.22. The molecule has 25 heavy (non-hydrogen) atoms. The molecule has 0 aliphatic carbocycles. The third-order valence-corrected chi connectivity index (χ3v) is 4.43. The fraction of sp³-hybridized carbons (Fsp3) is 0.222. The number of carbonyl (C=O) groups excluding carboxylic acids is 1. The van der Waals surface area contributed by atoms with Crippen LogP contribution in [0.2, 0.25) is 0 Å². The van der Waals surface area contributed by atoms with Crippen molar-refractivity contribution in [2.75, 3.05) is 4.90 Å². The Morgan fingerprint density at radius 3 is 2.60 bits per heavy atom. The molecule has 1 amide bonds. The number of benzene rings is 2. The lowest BCUT2D eigenvalue weighted by Crippen LogP contribution is -2.42. The third-order valence-electron chi connectivity index (χ3n) is 4.43. The Morgan fingerprint density at radius 1 is 1.20 bits per heavy atom. The molecule has 0 aromatic heterocycles. The summed E-state index contributed by atoms with van der Waals surface area (Å²) < 4.78 is 0. The Labute approximate surface area is 143 Å². The molecule has 0 radical (unpaired) electrons. The van der Waals surface area contributed by atoms with E-state index in [1.165, 1.54) is 17.0 Å². The fourth-order valence-electron chi connectivity index (χ4n) is 3.22. The first-order valence-electron chi connectivity index (χ1n) is 7.84. The van der Waals surface area contributed by atoms with Crippen LogP contribution in [0.1, 0.15) is 39.6 Å². The van der Waals surface area contributed by atoms with Crippen LogP contribution in [0.3, 0.4) is 0 Å². The van der Waals surface area contributed by atoms with Crippen LogP contribution >= 0.6 is 0 Å². The number of para-hydroxylation sites is 1. The molecule has 0 fully saturated rings. The minimum atomic E-state index is -1.49. The van der Waals surface area contributed by atoms with Gasteiger partial charge in [-0.25, -0.2) is 4.79 Å². The maximum atomic E-state index is 13.1. The average Bonchev–Trinajstić information content (AvgIpc) is 2.60. The topological polar surface area (TPSA) is 101 Å². The number of hydrogen-bond acceptors (Lipinski definition) is 4. The van der Waals surface area contributed by atoms with Gasteiger partial charge in [-0.05, 0) is 37.5 Å². The summed E-state index contributed by atoms with van der Waals surface area (Å²) in [5.41, 5.74) is 0.375. The first-order valence-corrected chi connectivity index (χ1v) is 7.84. The predicted molar refractivity (Wildman–Crippen MR) is 91.1 cm³/mol. The lowest BCUT2D eigenvalue weighted by Gasteiger charge is -2.35.